The van der Waals surface area contributed by atoms with Gasteiger partial charge in [0.1, 0.15) is 12.4 Å². The summed E-state index contributed by atoms with van der Waals surface area (Å²) < 4.78 is 6.91. The molecule has 0 aliphatic rings. The van der Waals surface area contributed by atoms with Crippen LogP contribution in [0.4, 0.5) is 0 Å². The summed E-state index contributed by atoms with van der Waals surface area (Å²) in [7, 11) is 0. The highest BCUT2D eigenvalue weighted by atomic mass is 79.9. The van der Waals surface area contributed by atoms with Gasteiger partial charge in [-0.25, -0.2) is 0 Å². The minimum absolute atomic E-state index is 0.575. The molecule has 0 atom stereocenters. The first-order chi connectivity index (χ1) is 9.65. The van der Waals surface area contributed by atoms with Gasteiger partial charge in [0, 0.05) is 17.2 Å². The molecule has 0 fully saturated rings. The summed E-state index contributed by atoms with van der Waals surface area (Å²) >= 11 is 5.19. The first kappa shape index (κ1) is 15.5. The number of hydrogen-bond donors (Lipinski definition) is 1. The number of benzene rings is 1. The third-order valence-electron chi connectivity index (χ3n) is 2.75. The summed E-state index contributed by atoms with van der Waals surface area (Å²) in [4.78, 5) is 5.18. The van der Waals surface area contributed by atoms with E-state index < -0.39 is 0 Å². The van der Waals surface area contributed by atoms with Crippen LogP contribution >= 0.6 is 27.3 Å². The van der Waals surface area contributed by atoms with E-state index in [1.165, 1.54) is 5.56 Å². The molecule has 0 spiro atoms. The van der Waals surface area contributed by atoms with Gasteiger partial charge in [0.15, 0.2) is 0 Å². The number of nitrogens with zero attached hydrogens (tertiary/aromatic N) is 1. The number of hydrogen-bond acceptors (Lipinski definition) is 4. The number of thiazole rings is 1. The van der Waals surface area contributed by atoms with Crippen LogP contribution in [0.15, 0.2) is 34.4 Å². The van der Waals surface area contributed by atoms with Gasteiger partial charge in [0.25, 0.3) is 0 Å². The Morgan fingerprint density at radius 2 is 2.25 bits per heavy atom. The largest absolute Gasteiger partial charge is 0.488 e. The number of halogens is 1. The van der Waals surface area contributed by atoms with E-state index in [1.807, 2.05) is 23.8 Å². The van der Waals surface area contributed by atoms with Gasteiger partial charge < -0.3 is 10.1 Å². The number of nitrogens with one attached hydrogen (secondary N) is 1. The molecule has 2 rings (SSSR count). The van der Waals surface area contributed by atoms with E-state index in [1.54, 1.807) is 11.3 Å². The zero-order valence-electron chi connectivity index (χ0n) is 11.7. The van der Waals surface area contributed by atoms with Crippen molar-refractivity contribution in [3.05, 3.63) is 44.8 Å². The Hall–Kier alpha value is -0.910. The van der Waals surface area contributed by atoms with Crippen molar-refractivity contribution in [2.75, 3.05) is 6.54 Å². The van der Waals surface area contributed by atoms with Crippen LogP contribution in [-0.4, -0.2) is 11.5 Å². The summed E-state index contributed by atoms with van der Waals surface area (Å²) in [5, 5.41) is 3.45. The average molecular weight is 355 g/mol. The maximum absolute atomic E-state index is 5.80. The zero-order valence-corrected chi connectivity index (χ0v) is 14.1. The number of rotatable bonds is 7. The molecule has 0 aliphatic heterocycles. The molecule has 5 heteroatoms. The second-order valence-corrected chi connectivity index (χ2v) is 6.86. The molecule has 0 bridgehead atoms. The fourth-order valence-electron chi connectivity index (χ4n) is 1.74. The van der Waals surface area contributed by atoms with E-state index in [9.17, 15) is 0 Å². The monoisotopic (exact) mass is 354 g/mol. The Balaban J connectivity index is 1.93. The smallest absolute Gasteiger partial charge is 0.124 e. The molecule has 0 radical (unpaired) electrons. The highest BCUT2D eigenvalue weighted by Gasteiger charge is 2.04. The topological polar surface area (TPSA) is 34.1 Å². The van der Waals surface area contributed by atoms with E-state index in [0.717, 1.165) is 28.2 Å². The Bertz CT molecular complexity index is 529. The van der Waals surface area contributed by atoms with Crippen molar-refractivity contribution in [3.63, 3.8) is 0 Å². The van der Waals surface area contributed by atoms with Crippen LogP contribution in [0.5, 0.6) is 5.75 Å². The molecule has 20 heavy (non-hydrogen) atoms. The minimum atomic E-state index is 0.575. The minimum Gasteiger partial charge on any atom is -0.488 e. The Labute approximate surface area is 132 Å². The predicted molar refractivity (Wildman–Crippen MR) is 87.1 cm³/mol. The van der Waals surface area contributed by atoms with Crippen LogP contribution in [-0.2, 0) is 13.2 Å². The SMILES string of the molecule is CC(C)CNCc1cc(OCc2cncs2)ccc1Br. The third kappa shape index (κ3) is 4.89. The van der Waals surface area contributed by atoms with Crippen molar-refractivity contribution >= 4 is 27.3 Å². The van der Waals surface area contributed by atoms with Crippen molar-refractivity contribution < 1.29 is 4.74 Å². The van der Waals surface area contributed by atoms with E-state index in [-0.39, 0.29) is 0 Å². The van der Waals surface area contributed by atoms with Crippen molar-refractivity contribution in [1.29, 1.82) is 0 Å². The molecule has 0 aliphatic carbocycles. The molecular weight excluding hydrogens is 336 g/mol. The van der Waals surface area contributed by atoms with E-state index in [0.29, 0.717) is 12.5 Å². The van der Waals surface area contributed by atoms with Crippen molar-refractivity contribution in [3.8, 4) is 5.75 Å². The van der Waals surface area contributed by atoms with E-state index in [2.05, 4.69) is 46.1 Å². The van der Waals surface area contributed by atoms with Gasteiger partial charge in [-0.3, -0.25) is 4.98 Å². The van der Waals surface area contributed by atoms with Gasteiger partial charge in [0.2, 0.25) is 0 Å². The Morgan fingerprint density at radius 1 is 1.40 bits per heavy atom. The van der Waals surface area contributed by atoms with Crippen LogP contribution in [0.3, 0.4) is 0 Å². The van der Waals surface area contributed by atoms with Crippen LogP contribution in [0.25, 0.3) is 0 Å². The second-order valence-electron chi connectivity index (χ2n) is 5.03. The summed E-state index contributed by atoms with van der Waals surface area (Å²) in [5.41, 5.74) is 3.04. The average Bonchev–Trinajstić information content (AvgIpc) is 2.92. The zero-order chi connectivity index (χ0) is 14.4. The summed E-state index contributed by atoms with van der Waals surface area (Å²) in [6.45, 7) is 6.84. The fraction of sp³-hybridized carbons (Fsp3) is 0.400. The quantitative estimate of drug-likeness (QED) is 0.807. The molecule has 108 valence electrons. The lowest BCUT2D eigenvalue weighted by molar-refractivity contribution is 0.309. The van der Waals surface area contributed by atoms with Gasteiger partial charge >= 0.3 is 0 Å². The number of ether oxygens (including phenoxy) is 1. The molecule has 1 aromatic heterocycles. The molecule has 1 aromatic carbocycles. The molecular formula is C15H19BrN2OS. The highest BCUT2D eigenvalue weighted by Crippen LogP contribution is 2.23. The van der Waals surface area contributed by atoms with Gasteiger partial charge in [0.05, 0.1) is 10.4 Å². The lowest BCUT2D eigenvalue weighted by Gasteiger charge is -2.11. The molecule has 0 unspecified atom stereocenters. The molecule has 3 nitrogen and oxygen atoms in total. The van der Waals surface area contributed by atoms with Crippen LogP contribution in [0.2, 0.25) is 0 Å². The van der Waals surface area contributed by atoms with Crippen molar-refractivity contribution in [1.82, 2.24) is 10.3 Å². The second kappa shape index (κ2) is 7.76. The summed E-state index contributed by atoms with van der Waals surface area (Å²) in [6, 6.07) is 6.10. The molecule has 2 aromatic rings. The van der Waals surface area contributed by atoms with Crippen molar-refractivity contribution in [2.45, 2.75) is 27.0 Å². The molecule has 0 saturated carbocycles. The van der Waals surface area contributed by atoms with E-state index >= 15 is 0 Å². The van der Waals surface area contributed by atoms with Gasteiger partial charge in [-0.1, -0.05) is 29.8 Å². The van der Waals surface area contributed by atoms with E-state index in [4.69, 9.17) is 4.74 Å². The van der Waals surface area contributed by atoms with Gasteiger partial charge in [-0.15, -0.1) is 11.3 Å². The first-order valence-corrected chi connectivity index (χ1v) is 8.31. The number of aromatic nitrogens is 1. The van der Waals surface area contributed by atoms with Crippen LogP contribution in [0, 0.1) is 5.92 Å². The van der Waals surface area contributed by atoms with Gasteiger partial charge in [-0.05, 0) is 36.2 Å². The third-order valence-corrected chi connectivity index (χ3v) is 4.28. The Kier molecular flexibility index (Phi) is 6.01. The first-order valence-electron chi connectivity index (χ1n) is 6.64. The predicted octanol–water partition coefficient (Wildman–Crippen LogP) is 4.23. The lowest BCUT2D eigenvalue weighted by atomic mass is 10.2. The maximum Gasteiger partial charge on any atom is 0.124 e. The molecule has 1 heterocycles. The maximum atomic E-state index is 5.80. The van der Waals surface area contributed by atoms with Crippen LogP contribution < -0.4 is 10.1 Å². The molecule has 0 amide bonds. The van der Waals surface area contributed by atoms with Crippen molar-refractivity contribution in [2.24, 2.45) is 5.92 Å². The molecule has 1 N–H and O–H groups in total. The fourth-order valence-corrected chi connectivity index (χ4v) is 2.63. The van der Waals surface area contributed by atoms with Crippen LogP contribution in [0.1, 0.15) is 24.3 Å². The molecule has 0 saturated heterocycles. The standard InChI is InChI=1S/C15H19BrN2OS/c1-11(2)6-17-7-12-5-13(3-4-15(12)16)19-9-14-8-18-10-20-14/h3-5,8,10-11,17H,6-7,9H2,1-2H3. The Morgan fingerprint density at radius 3 is 2.95 bits per heavy atom. The summed E-state index contributed by atoms with van der Waals surface area (Å²) in [6.07, 6.45) is 1.84. The lowest BCUT2D eigenvalue weighted by Crippen LogP contribution is -2.19. The highest BCUT2D eigenvalue weighted by molar-refractivity contribution is 9.10. The normalized spacial score (nSPS) is 11.0. The summed E-state index contributed by atoms with van der Waals surface area (Å²) in [5.74, 6) is 1.54. The van der Waals surface area contributed by atoms with Gasteiger partial charge in [-0.2, -0.15) is 0 Å².